The van der Waals surface area contributed by atoms with E-state index in [1.165, 1.54) is 24.1 Å². The van der Waals surface area contributed by atoms with Gasteiger partial charge < -0.3 is 14.8 Å². The third-order valence-electron chi connectivity index (χ3n) is 2.78. The Hall–Kier alpha value is -2.61. The lowest BCUT2D eigenvalue weighted by Crippen LogP contribution is -2.14. The van der Waals surface area contributed by atoms with Crippen LogP contribution < -0.4 is 10.1 Å². The fraction of sp³-hybridized carbons (Fsp3) is 0.286. The molecule has 2 aromatic rings. The zero-order valence-corrected chi connectivity index (χ0v) is 13.3. The number of hydrogen-bond acceptors (Lipinski definition) is 6. The summed E-state index contributed by atoms with van der Waals surface area (Å²) in [5.74, 6) is -0.313. The fourth-order valence-electron chi connectivity index (χ4n) is 1.81. The van der Waals surface area contributed by atoms with Crippen molar-refractivity contribution < 1.29 is 19.1 Å². The number of methoxy groups -OCH3 is 1. The third kappa shape index (κ3) is 4.43. The van der Waals surface area contributed by atoms with Gasteiger partial charge in [-0.1, -0.05) is 16.8 Å². The second-order valence-electron chi connectivity index (χ2n) is 4.41. The Labute approximate surface area is 137 Å². The smallest absolute Gasteiger partial charge is 0.327 e. The molecule has 1 aromatic heterocycles. The quantitative estimate of drug-likeness (QED) is 0.806. The monoisotopic (exact) mass is 338 g/mol. The molecule has 9 heteroatoms. The topological polar surface area (TPSA) is 95.3 Å². The van der Waals surface area contributed by atoms with Crippen LogP contribution in [0, 0.1) is 0 Å². The zero-order chi connectivity index (χ0) is 16.8. The lowest BCUT2D eigenvalue weighted by atomic mass is 10.2. The van der Waals surface area contributed by atoms with E-state index in [0.717, 1.165) is 0 Å². The Morgan fingerprint density at radius 3 is 2.87 bits per heavy atom. The molecule has 0 spiro atoms. The number of esters is 1. The summed E-state index contributed by atoms with van der Waals surface area (Å²) < 4.78 is 11.2. The molecule has 0 fully saturated rings. The predicted octanol–water partition coefficient (Wildman–Crippen LogP) is 1.76. The standard InChI is InChI=1S/C14H15ClN4O4/c1-3-23-13(20)8-19-7-12(17-18-19)16-14(21)10-6-9(15)4-5-11(10)22-2/h4-7H,3,8H2,1-2H3,(H,16,21). The highest BCUT2D eigenvalue weighted by molar-refractivity contribution is 6.31. The van der Waals surface area contributed by atoms with Crippen LogP contribution in [0.1, 0.15) is 17.3 Å². The maximum absolute atomic E-state index is 12.3. The van der Waals surface area contributed by atoms with Gasteiger partial charge in [0.15, 0.2) is 5.82 Å². The lowest BCUT2D eigenvalue weighted by Gasteiger charge is -2.07. The van der Waals surface area contributed by atoms with Gasteiger partial charge in [-0.3, -0.25) is 9.59 Å². The molecule has 0 aliphatic carbocycles. The van der Waals surface area contributed by atoms with Crippen LogP contribution in [0.3, 0.4) is 0 Å². The largest absolute Gasteiger partial charge is 0.496 e. The molecule has 2 rings (SSSR count). The van der Waals surface area contributed by atoms with Gasteiger partial charge >= 0.3 is 5.97 Å². The van der Waals surface area contributed by atoms with Crippen molar-refractivity contribution in [1.29, 1.82) is 0 Å². The van der Waals surface area contributed by atoms with Crippen LogP contribution in [0.2, 0.25) is 5.02 Å². The Morgan fingerprint density at radius 2 is 2.17 bits per heavy atom. The van der Waals surface area contributed by atoms with Gasteiger partial charge in [-0.2, -0.15) is 0 Å². The Kier molecular flexibility index (Phi) is 5.53. The van der Waals surface area contributed by atoms with Crippen LogP contribution in [0.4, 0.5) is 5.82 Å². The molecule has 23 heavy (non-hydrogen) atoms. The molecular formula is C14H15ClN4O4. The van der Waals surface area contributed by atoms with E-state index >= 15 is 0 Å². The number of nitrogens with one attached hydrogen (secondary N) is 1. The van der Waals surface area contributed by atoms with Crippen LogP contribution in [-0.2, 0) is 16.1 Å². The van der Waals surface area contributed by atoms with Crippen LogP contribution in [0.25, 0.3) is 0 Å². The van der Waals surface area contributed by atoms with Gasteiger partial charge in [0.05, 0.1) is 25.5 Å². The molecule has 8 nitrogen and oxygen atoms in total. The molecule has 1 aromatic carbocycles. The molecular weight excluding hydrogens is 324 g/mol. The minimum atomic E-state index is -0.451. The highest BCUT2D eigenvalue weighted by Gasteiger charge is 2.15. The van der Waals surface area contributed by atoms with E-state index in [-0.39, 0.29) is 24.5 Å². The van der Waals surface area contributed by atoms with Crippen molar-refractivity contribution in [3.63, 3.8) is 0 Å². The van der Waals surface area contributed by atoms with Crippen molar-refractivity contribution in [3.05, 3.63) is 35.0 Å². The summed E-state index contributed by atoms with van der Waals surface area (Å²) in [6, 6.07) is 4.69. The van der Waals surface area contributed by atoms with Crippen molar-refractivity contribution >= 4 is 29.3 Å². The minimum absolute atomic E-state index is 0.0861. The molecule has 0 radical (unpaired) electrons. The van der Waals surface area contributed by atoms with Gasteiger partial charge in [0.25, 0.3) is 5.91 Å². The molecule has 0 aliphatic rings. The van der Waals surface area contributed by atoms with E-state index in [2.05, 4.69) is 15.6 Å². The second-order valence-corrected chi connectivity index (χ2v) is 4.84. The molecule has 0 aliphatic heterocycles. The predicted molar refractivity (Wildman–Crippen MR) is 82.6 cm³/mol. The summed E-state index contributed by atoms with van der Waals surface area (Å²) in [4.78, 5) is 23.6. The molecule has 0 bridgehead atoms. The number of carbonyl (C=O) groups is 2. The Morgan fingerprint density at radius 1 is 1.39 bits per heavy atom. The van der Waals surface area contributed by atoms with Gasteiger partial charge in [0.2, 0.25) is 0 Å². The van der Waals surface area contributed by atoms with Crippen LogP contribution >= 0.6 is 11.6 Å². The molecule has 0 unspecified atom stereocenters. The Balaban J connectivity index is 2.08. The van der Waals surface area contributed by atoms with Gasteiger partial charge in [-0.05, 0) is 25.1 Å². The molecule has 0 saturated heterocycles. The van der Waals surface area contributed by atoms with E-state index in [1.807, 2.05) is 0 Å². The average molecular weight is 339 g/mol. The summed E-state index contributed by atoms with van der Waals surface area (Å²) in [6.07, 6.45) is 1.42. The van der Waals surface area contributed by atoms with E-state index < -0.39 is 11.9 Å². The van der Waals surface area contributed by atoms with Crippen molar-refractivity contribution in [2.75, 3.05) is 19.0 Å². The van der Waals surface area contributed by atoms with Crippen LogP contribution in [0.15, 0.2) is 24.4 Å². The average Bonchev–Trinajstić information content (AvgIpc) is 2.94. The van der Waals surface area contributed by atoms with Gasteiger partial charge in [-0.25, -0.2) is 4.68 Å². The lowest BCUT2D eigenvalue weighted by molar-refractivity contribution is -0.144. The van der Waals surface area contributed by atoms with Crippen molar-refractivity contribution in [2.24, 2.45) is 0 Å². The fourth-order valence-corrected chi connectivity index (χ4v) is 1.99. The van der Waals surface area contributed by atoms with Gasteiger partial charge in [-0.15, -0.1) is 5.10 Å². The number of carbonyl (C=O) groups excluding carboxylic acids is 2. The summed E-state index contributed by atoms with van der Waals surface area (Å²) in [7, 11) is 1.45. The molecule has 1 amide bonds. The number of hydrogen-bond donors (Lipinski definition) is 1. The van der Waals surface area contributed by atoms with Crippen LogP contribution in [-0.4, -0.2) is 40.6 Å². The van der Waals surface area contributed by atoms with Crippen molar-refractivity contribution in [1.82, 2.24) is 15.0 Å². The summed E-state index contributed by atoms with van der Waals surface area (Å²) in [6.45, 7) is 1.91. The van der Waals surface area contributed by atoms with Crippen LogP contribution in [0.5, 0.6) is 5.75 Å². The summed E-state index contributed by atoms with van der Waals surface area (Å²) in [5, 5.41) is 10.5. The first-order chi connectivity index (χ1) is 11.0. The number of rotatable bonds is 6. The van der Waals surface area contributed by atoms with Crippen molar-refractivity contribution in [2.45, 2.75) is 13.5 Å². The highest BCUT2D eigenvalue weighted by Crippen LogP contribution is 2.23. The number of amides is 1. The second kappa shape index (κ2) is 7.59. The first-order valence-corrected chi connectivity index (χ1v) is 7.12. The maximum Gasteiger partial charge on any atom is 0.327 e. The molecule has 0 saturated carbocycles. The van der Waals surface area contributed by atoms with E-state index in [9.17, 15) is 9.59 Å². The maximum atomic E-state index is 12.3. The number of nitrogens with zero attached hydrogens (tertiary/aromatic N) is 3. The first kappa shape index (κ1) is 16.8. The SMILES string of the molecule is CCOC(=O)Cn1cc(NC(=O)c2cc(Cl)ccc2OC)nn1. The van der Waals surface area contributed by atoms with Gasteiger partial charge in [0, 0.05) is 5.02 Å². The van der Waals surface area contributed by atoms with E-state index in [1.54, 1.807) is 19.1 Å². The molecule has 1 N–H and O–H groups in total. The number of benzene rings is 1. The van der Waals surface area contributed by atoms with E-state index in [4.69, 9.17) is 21.1 Å². The Bertz CT molecular complexity index is 717. The third-order valence-corrected chi connectivity index (χ3v) is 3.02. The highest BCUT2D eigenvalue weighted by atomic mass is 35.5. The number of anilines is 1. The minimum Gasteiger partial charge on any atom is -0.496 e. The van der Waals surface area contributed by atoms with E-state index in [0.29, 0.717) is 10.8 Å². The summed E-state index contributed by atoms with van der Waals surface area (Å²) in [5.41, 5.74) is 0.264. The number of halogens is 1. The molecule has 1 heterocycles. The normalized spacial score (nSPS) is 10.2. The van der Waals surface area contributed by atoms with Gasteiger partial charge in [0.1, 0.15) is 12.3 Å². The molecule has 122 valence electrons. The first-order valence-electron chi connectivity index (χ1n) is 6.74. The number of ether oxygens (including phenoxy) is 2. The zero-order valence-electron chi connectivity index (χ0n) is 12.6. The van der Waals surface area contributed by atoms with Crippen molar-refractivity contribution in [3.8, 4) is 5.75 Å². The number of aromatic nitrogens is 3. The molecule has 0 atom stereocenters. The summed E-state index contributed by atoms with van der Waals surface area (Å²) >= 11 is 5.89.